The van der Waals surface area contributed by atoms with Crippen LogP contribution in [0.15, 0.2) is 29.2 Å². The zero-order valence-corrected chi connectivity index (χ0v) is 10.2. The van der Waals surface area contributed by atoms with Crippen molar-refractivity contribution < 1.29 is 17.9 Å². The minimum absolute atomic E-state index is 0.0687. The Morgan fingerprint density at radius 2 is 1.71 bits per heavy atom. The second kappa shape index (κ2) is 4.38. The van der Waals surface area contributed by atoms with Crippen LogP contribution in [0.5, 0.6) is 0 Å². The van der Waals surface area contributed by atoms with Crippen LogP contribution in [0, 0.1) is 5.82 Å². The fourth-order valence-corrected chi connectivity index (χ4v) is 3.97. The van der Waals surface area contributed by atoms with Crippen molar-refractivity contribution in [1.29, 1.82) is 0 Å². The van der Waals surface area contributed by atoms with E-state index < -0.39 is 21.3 Å². The van der Waals surface area contributed by atoms with Crippen LogP contribution in [0.1, 0.15) is 25.7 Å². The Bertz CT molecular complexity index is 487. The van der Waals surface area contributed by atoms with E-state index in [1.807, 2.05) is 0 Å². The van der Waals surface area contributed by atoms with Gasteiger partial charge in [0, 0.05) is 0 Å². The molecule has 0 spiro atoms. The van der Waals surface area contributed by atoms with E-state index in [1.54, 1.807) is 0 Å². The van der Waals surface area contributed by atoms with Gasteiger partial charge in [0.1, 0.15) is 5.82 Å². The van der Waals surface area contributed by atoms with Gasteiger partial charge >= 0.3 is 0 Å². The van der Waals surface area contributed by atoms with E-state index in [0.29, 0.717) is 12.8 Å². The molecule has 0 atom stereocenters. The zero-order valence-electron chi connectivity index (χ0n) is 9.39. The molecule has 5 heteroatoms. The Balaban J connectivity index is 2.22. The summed E-state index contributed by atoms with van der Waals surface area (Å²) >= 11 is 0. The Kier molecular flexibility index (Phi) is 3.23. The van der Waals surface area contributed by atoms with Gasteiger partial charge in [-0.3, -0.25) is 0 Å². The second-order valence-corrected chi connectivity index (χ2v) is 6.63. The molecule has 0 heterocycles. The lowest BCUT2D eigenvalue weighted by atomic mass is 10.1. The normalized spacial score (nSPS) is 19.4. The zero-order chi connectivity index (χ0) is 12.5. The average molecular weight is 258 g/mol. The first-order chi connectivity index (χ1) is 7.91. The van der Waals surface area contributed by atoms with Gasteiger partial charge in [-0.25, -0.2) is 12.8 Å². The summed E-state index contributed by atoms with van der Waals surface area (Å²) < 4.78 is 36.8. The minimum atomic E-state index is -3.54. The lowest BCUT2D eigenvalue weighted by molar-refractivity contribution is 0.0714. The first-order valence-electron chi connectivity index (χ1n) is 5.62. The standard InChI is InChI=1S/C12H15FO3S/c13-10-3-5-11(6-4-10)17(15,16)9-12(14)7-1-2-8-12/h3-6,14H,1-2,7-9H2. The van der Waals surface area contributed by atoms with Gasteiger partial charge < -0.3 is 5.11 Å². The van der Waals surface area contributed by atoms with Crippen molar-refractivity contribution in [3.63, 3.8) is 0 Å². The van der Waals surface area contributed by atoms with Crippen LogP contribution in [0.3, 0.4) is 0 Å². The van der Waals surface area contributed by atoms with E-state index in [0.717, 1.165) is 25.0 Å². The van der Waals surface area contributed by atoms with Crippen LogP contribution in [0.25, 0.3) is 0 Å². The molecule has 94 valence electrons. The SMILES string of the molecule is O=S(=O)(CC1(O)CCCC1)c1ccc(F)cc1. The highest BCUT2D eigenvalue weighted by Gasteiger charge is 2.36. The number of hydrogen-bond acceptors (Lipinski definition) is 3. The molecule has 1 aliphatic carbocycles. The predicted molar refractivity (Wildman–Crippen MR) is 61.9 cm³/mol. The van der Waals surface area contributed by atoms with Crippen molar-refractivity contribution in [2.45, 2.75) is 36.2 Å². The maximum atomic E-state index is 12.7. The summed E-state index contributed by atoms with van der Waals surface area (Å²) in [5, 5.41) is 10.1. The smallest absolute Gasteiger partial charge is 0.181 e. The quantitative estimate of drug-likeness (QED) is 0.842. The molecule has 2 rings (SSSR count). The summed E-state index contributed by atoms with van der Waals surface area (Å²) in [6.45, 7) is 0. The minimum Gasteiger partial charge on any atom is -0.389 e. The van der Waals surface area contributed by atoms with Gasteiger partial charge in [-0.2, -0.15) is 0 Å². The van der Waals surface area contributed by atoms with Crippen LogP contribution < -0.4 is 0 Å². The lowest BCUT2D eigenvalue weighted by Crippen LogP contribution is -2.33. The lowest BCUT2D eigenvalue weighted by Gasteiger charge is -2.21. The third-order valence-corrected chi connectivity index (χ3v) is 5.07. The van der Waals surface area contributed by atoms with Crippen molar-refractivity contribution in [3.05, 3.63) is 30.1 Å². The summed E-state index contributed by atoms with van der Waals surface area (Å²) in [4.78, 5) is 0.0687. The first kappa shape index (κ1) is 12.5. The Labute approximate surface area is 100 Å². The van der Waals surface area contributed by atoms with Crippen LogP contribution >= 0.6 is 0 Å². The van der Waals surface area contributed by atoms with Crippen molar-refractivity contribution in [1.82, 2.24) is 0 Å². The molecule has 0 aromatic heterocycles. The van der Waals surface area contributed by atoms with E-state index in [1.165, 1.54) is 12.1 Å². The van der Waals surface area contributed by atoms with Crippen LogP contribution in [0.2, 0.25) is 0 Å². The number of halogens is 1. The maximum Gasteiger partial charge on any atom is 0.181 e. The molecule has 17 heavy (non-hydrogen) atoms. The maximum absolute atomic E-state index is 12.7. The van der Waals surface area contributed by atoms with E-state index in [4.69, 9.17) is 0 Å². The van der Waals surface area contributed by atoms with Crippen LogP contribution in [0.4, 0.5) is 4.39 Å². The molecule has 1 aromatic rings. The monoisotopic (exact) mass is 258 g/mol. The van der Waals surface area contributed by atoms with Crippen molar-refractivity contribution in [2.75, 3.05) is 5.75 Å². The third kappa shape index (κ3) is 2.84. The fourth-order valence-electron chi connectivity index (χ4n) is 2.26. The van der Waals surface area contributed by atoms with Gasteiger partial charge in [-0.1, -0.05) is 12.8 Å². The molecule has 1 saturated carbocycles. The molecule has 0 aliphatic heterocycles. The molecule has 0 radical (unpaired) electrons. The number of benzene rings is 1. The highest BCUT2D eigenvalue weighted by atomic mass is 32.2. The van der Waals surface area contributed by atoms with Gasteiger partial charge in [-0.05, 0) is 37.1 Å². The van der Waals surface area contributed by atoms with Gasteiger partial charge in [0.2, 0.25) is 0 Å². The van der Waals surface area contributed by atoms with Crippen LogP contribution in [-0.2, 0) is 9.84 Å². The van der Waals surface area contributed by atoms with Gasteiger partial charge in [-0.15, -0.1) is 0 Å². The largest absolute Gasteiger partial charge is 0.389 e. The summed E-state index contributed by atoms with van der Waals surface area (Å²) in [6.07, 6.45) is 2.76. The Morgan fingerprint density at radius 1 is 1.18 bits per heavy atom. The molecular weight excluding hydrogens is 243 g/mol. The Morgan fingerprint density at radius 3 is 2.24 bits per heavy atom. The molecule has 1 aliphatic rings. The molecule has 3 nitrogen and oxygen atoms in total. The van der Waals surface area contributed by atoms with Gasteiger partial charge in [0.05, 0.1) is 16.2 Å². The van der Waals surface area contributed by atoms with Gasteiger partial charge in [0.25, 0.3) is 0 Å². The predicted octanol–water partition coefficient (Wildman–Crippen LogP) is 1.90. The molecule has 1 fully saturated rings. The van der Waals surface area contributed by atoms with E-state index in [2.05, 4.69) is 0 Å². The molecule has 1 aromatic carbocycles. The van der Waals surface area contributed by atoms with E-state index in [9.17, 15) is 17.9 Å². The summed E-state index contributed by atoms with van der Waals surface area (Å²) in [7, 11) is -3.54. The molecule has 1 N–H and O–H groups in total. The summed E-state index contributed by atoms with van der Waals surface area (Å²) in [5.41, 5.74) is -1.10. The van der Waals surface area contributed by atoms with Crippen LogP contribution in [-0.4, -0.2) is 24.9 Å². The molecular formula is C12H15FO3S. The van der Waals surface area contributed by atoms with E-state index >= 15 is 0 Å². The summed E-state index contributed by atoms with van der Waals surface area (Å²) in [6, 6.07) is 4.71. The number of sulfone groups is 1. The number of hydrogen-bond donors (Lipinski definition) is 1. The first-order valence-corrected chi connectivity index (χ1v) is 7.27. The average Bonchev–Trinajstić information content (AvgIpc) is 2.64. The summed E-state index contributed by atoms with van der Waals surface area (Å²) in [5.74, 6) is -0.741. The highest BCUT2D eigenvalue weighted by Crippen LogP contribution is 2.32. The highest BCUT2D eigenvalue weighted by molar-refractivity contribution is 7.91. The second-order valence-electron chi connectivity index (χ2n) is 4.64. The molecule has 0 bridgehead atoms. The van der Waals surface area contributed by atoms with E-state index in [-0.39, 0.29) is 10.6 Å². The third-order valence-electron chi connectivity index (χ3n) is 3.17. The number of aliphatic hydroxyl groups is 1. The van der Waals surface area contributed by atoms with Crippen molar-refractivity contribution in [3.8, 4) is 0 Å². The molecule has 0 amide bonds. The topological polar surface area (TPSA) is 54.4 Å². The van der Waals surface area contributed by atoms with Crippen molar-refractivity contribution in [2.24, 2.45) is 0 Å². The van der Waals surface area contributed by atoms with Crippen molar-refractivity contribution >= 4 is 9.84 Å². The van der Waals surface area contributed by atoms with Gasteiger partial charge in [0.15, 0.2) is 9.84 Å². The molecule has 0 unspecified atom stereocenters. The Hall–Kier alpha value is -0.940. The fraction of sp³-hybridized carbons (Fsp3) is 0.500. The molecule has 0 saturated heterocycles. The number of rotatable bonds is 3.